The molecule has 33 heavy (non-hydrogen) atoms. The van der Waals surface area contributed by atoms with E-state index in [1.807, 2.05) is 0 Å². The fourth-order valence-corrected chi connectivity index (χ4v) is 5.16. The molecular weight excluding hydrogens is 404 g/mol. The summed E-state index contributed by atoms with van der Waals surface area (Å²) in [7, 11) is 0. The molecule has 5 rings (SSSR count). The number of rotatable bonds is 8. The Hall–Kier alpha value is -3.00. The van der Waals surface area contributed by atoms with E-state index in [0.29, 0.717) is 19.1 Å². The molecule has 0 heterocycles. The Kier molecular flexibility index (Phi) is 6.81. The predicted octanol–water partition coefficient (Wildman–Crippen LogP) is 8.28. The van der Waals surface area contributed by atoms with E-state index in [1.165, 1.54) is 53.6 Å². The number of hydrogen-bond donors (Lipinski definition) is 0. The van der Waals surface area contributed by atoms with Gasteiger partial charge in [0, 0.05) is 5.92 Å². The summed E-state index contributed by atoms with van der Waals surface area (Å²) < 4.78 is 12.6. The van der Waals surface area contributed by atoms with Gasteiger partial charge in [-0.25, -0.2) is 0 Å². The van der Waals surface area contributed by atoms with Gasteiger partial charge in [0.1, 0.15) is 11.5 Å². The highest BCUT2D eigenvalue weighted by molar-refractivity contribution is 5.84. The second-order valence-corrected chi connectivity index (χ2v) is 9.87. The number of fused-ring (bicyclic) bond motifs is 2. The summed E-state index contributed by atoms with van der Waals surface area (Å²) in [6.45, 7) is 3.77. The van der Waals surface area contributed by atoms with Crippen molar-refractivity contribution in [3.8, 4) is 11.5 Å². The molecule has 1 aliphatic carbocycles. The maximum absolute atomic E-state index is 6.32. The highest BCUT2D eigenvalue weighted by atomic mass is 16.5. The van der Waals surface area contributed by atoms with Crippen LogP contribution in [-0.4, -0.2) is 13.2 Å². The molecule has 170 valence electrons. The van der Waals surface area contributed by atoms with E-state index >= 15 is 0 Å². The first-order valence-corrected chi connectivity index (χ1v) is 12.5. The van der Waals surface area contributed by atoms with Gasteiger partial charge in [-0.3, -0.25) is 0 Å². The summed E-state index contributed by atoms with van der Waals surface area (Å²) in [6, 6.07) is 29.7. The van der Waals surface area contributed by atoms with Crippen LogP contribution in [-0.2, 0) is 0 Å². The minimum Gasteiger partial charge on any atom is -0.493 e. The van der Waals surface area contributed by atoms with E-state index in [9.17, 15) is 0 Å². The zero-order valence-corrected chi connectivity index (χ0v) is 19.6. The summed E-state index contributed by atoms with van der Waals surface area (Å²) in [4.78, 5) is 0. The minimum atomic E-state index is 0.376. The highest BCUT2D eigenvalue weighted by Gasteiger charge is 2.23. The predicted molar refractivity (Wildman–Crippen MR) is 138 cm³/mol. The number of hydrogen-bond acceptors (Lipinski definition) is 2. The summed E-state index contributed by atoms with van der Waals surface area (Å²) in [5, 5.41) is 4.94. The molecule has 0 radical (unpaired) electrons. The molecule has 2 heteroatoms. The van der Waals surface area contributed by atoms with E-state index in [0.717, 1.165) is 23.3 Å². The van der Waals surface area contributed by atoms with Gasteiger partial charge in [0.05, 0.1) is 13.2 Å². The summed E-state index contributed by atoms with van der Waals surface area (Å²) in [5.74, 6) is 3.93. The lowest BCUT2D eigenvalue weighted by molar-refractivity contribution is 0.138. The maximum Gasteiger partial charge on any atom is 0.119 e. The maximum atomic E-state index is 6.32. The highest BCUT2D eigenvalue weighted by Crippen LogP contribution is 2.33. The van der Waals surface area contributed by atoms with E-state index in [2.05, 4.69) is 91.9 Å². The molecule has 1 aliphatic rings. The molecular formula is C31H34O2. The molecule has 0 N–H and O–H groups in total. The molecule has 1 fully saturated rings. The van der Waals surface area contributed by atoms with Gasteiger partial charge in [-0.05, 0) is 64.1 Å². The van der Waals surface area contributed by atoms with Crippen molar-refractivity contribution in [2.24, 2.45) is 17.8 Å². The first-order chi connectivity index (χ1) is 16.2. The third-order valence-electron chi connectivity index (χ3n) is 7.22. The van der Waals surface area contributed by atoms with Crippen LogP contribution in [0.15, 0.2) is 84.9 Å². The van der Waals surface area contributed by atoms with Crippen LogP contribution in [0.25, 0.3) is 21.5 Å². The molecule has 4 aromatic rings. The van der Waals surface area contributed by atoms with Crippen molar-refractivity contribution in [1.82, 2.24) is 0 Å². The lowest BCUT2D eigenvalue weighted by Crippen LogP contribution is -2.24. The van der Waals surface area contributed by atoms with Gasteiger partial charge in [-0.1, -0.05) is 93.3 Å². The van der Waals surface area contributed by atoms with Crippen molar-refractivity contribution in [2.75, 3.05) is 13.2 Å². The van der Waals surface area contributed by atoms with Crippen LogP contribution >= 0.6 is 0 Å². The van der Waals surface area contributed by atoms with Crippen LogP contribution in [0.4, 0.5) is 0 Å². The third-order valence-corrected chi connectivity index (χ3v) is 7.22. The normalized spacial score (nSPS) is 18.6. The molecule has 0 spiro atoms. The summed E-state index contributed by atoms with van der Waals surface area (Å²) in [5.41, 5.74) is 0. The molecule has 0 bridgehead atoms. The van der Waals surface area contributed by atoms with Crippen molar-refractivity contribution in [1.29, 1.82) is 0 Å². The Morgan fingerprint density at radius 3 is 1.64 bits per heavy atom. The summed E-state index contributed by atoms with van der Waals surface area (Å²) >= 11 is 0. The van der Waals surface area contributed by atoms with E-state index < -0.39 is 0 Å². The Morgan fingerprint density at radius 2 is 1.12 bits per heavy atom. The van der Waals surface area contributed by atoms with Gasteiger partial charge in [0.25, 0.3) is 0 Å². The van der Waals surface area contributed by atoms with Crippen molar-refractivity contribution in [3.05, 3.63) is 84.9 Å². The van der Waals surface area contributed by atoms with Gasteiger partial charge in [-0.15, -0.1) is 0 Å². The van der Waals surface area contributed by atoms with E-state index in [4.69, 9.17) is 9.47 Å². The Morgan fingerprint density at radius 1 is 0.636 bits per heavy atom. The molecule has 0 amide bonds. The van der Waals surface area contributed by atoms with Gasteiger partial charge >= 0.3 is 0 Å². The van der Waals surface area contributed by atoms with Crippen LogP contribution in [0.1, 0.15) is 39.0 Å². The summed E-state index contributed by atoms with van der Waals surface area (Å²) in [6.07, 6.45) is 6.56. The zero-order chi connectivity index (χ0) is 22.5. The second kappa shape index (κ2) is 10.3. The third kappa shape index (κ3) is 5.68. The minimum absolute atomic E-state index is 0.376. The lowest BCUT2D eigenvalue weighted by Gasteiger charge is -2.29. The molecule has 0 atom stereocenters. The molecule has 1 saturated carbocycles. The quantitative estimate of drug-likeness (QED) is 0.275. The van der Waals surface area contributed by atoms with Crippen LogP contribution in [0.5, 0.6) is 11.5 Å². The fraction of sp³-hybridized carbons (Fsp3) is 0.355. The zero-order valence-electron chi connectivity index (χ0n) is 19.6. The van der Waals surface area contributed by atoms with Gasteiger partial charge in [0.15, 0.2) is 0 Å². The van der Waals surface area contributed by atoms with Crippen molar-refractivity contribution < 1.29 is 9.47 Å². The molecule has 0 saturated heterocycles. The number of benzene rings is 4. The van der Waals surface area contributed by atoms with E-state index in [1.54, 1.807) is 0 Å². The Balaban J connectivity index is 1.26. The number of ether oxygens (including phenoxy) is 2. The molecule has 2 nitrogen and oxygen atoms in total. The Labute approximate surface area is 197 Å². The standard InChI is InChI=1S/C31H34O2/c1-23-10-12-24(13-11-23)18-25(21-32-30-16-14-26-6-2-4-8-28(26)19-30)22-33-31-17-15-27-7-3-5-9-29(27)20-31/h2-9,14-17,19-20,23-25H,10-13,18,21-22H2,1H3. The van der Waals surface area contributed by atoms with Gasteiger partial charge in [0.2, 0.25) is 0 Å². The van der Waals surface area contributed by atoms with Crippen molar-refractivity contribution >= 4 is 21.5 Å². The molecule has 0 unspecified atom stereocenters. The topological polar surface area (TPSA) is 18.5 Å². The largest absolute Gasteiger partial charge is 0.493 e. The first-order valence-electron chi connectivity index (χ1n) is 12.5. The smallest absolute Gasteiger partial charge is 0.119 e. The molecule has 0 aromatic heterocycles. The average Bonchev–Trinajstić information content (AvgIpc) is 2.86. The van der Waals surface area contributed by atoms with E-state index in [-0.39, 0.29) is 0 Å². The van der Waals surface area contributed by atoms with Crippen LogP contribution < -0.4 is 9.47 Å². The van der Waals surface area contributed by atoms with Crippen LogP contribution in [0, 0.1) is 17.8 Å². The molecule has 4 aromatic carbocycles. The van der Waals surface area contributed by atoms with Crippen molar-refractivity contribution in [2.45, 2.75) is 39.0 Å². The van der Waals surface area contributed by atoms with Crippen LogP contribution in [0.2, 0.25) is 0 Å². The van der Waals surface area contributed by atoms with Gasteiger partial charge in [-0.2, -0.15) is 0 Å². The monoisotopic (exact) mass is 438 g/mol. The first kappa shape index (κ1) is 21.8. The SMILES string of the molecule is CC1CCC(CC(COc2ccc3ccccc3c2)COc2ccc3ccccc3c2)CC1. The average molecular weight is 439 g/mol. The van der Waals surface area contributed by atoms with Gasteiger partial charge < -0.3 is 9.47 Å². The Bertz CT molecular complexity index is 1110. The van der Waals surface area contributed by atoms with Crippen molar-refractivity contribution in [3.63, 3.8) is 0 Å². The molecule has 0 aliphatic heterocycles. The fourth-order valence-electron chi connectivity index (χ4n) is 5.16. The second-order valence-electron chi connectivity index (χ2n) is 9.87. The lowest BCUT2D eigenvalue weighted by atomic mass is 9.79. The van der Waals surface area contributed by atoms with Crippen LogP contribution in [0.3, 0.4) is 0 Å².